The molecule has 2 N–H and O–H groups in total. The van der Waals surface area contributed by atoms with Crippen molar-refractivity contribution < 1.29 is 22.8 Å². The van der Waals surface area contributed by atoms with Crippen LogP contribution < -0.4 is 21.1 Å². The molecule has 2 atom stereocenters. The second-order valence-corrected chi connectivity index (χ2v) is 8.26. The van der Waals surface area contributed by atoms with E-state index in [0.717, 1.165) is 4.57 Å². The predicted octanol–water partition coefficient (Wildman–Crippen LogP) is 2.67. The molecule has 0 spiro atoms. The van der Waals surface area contributed by atoms with Gasteiger partial charge in [-0.25, -0.2) is 14.8 Å². The zero-order valence-corrected chi connectivity index (χ0v) is 19.2. The van der Waals surface area contributed by atoms with E-state index in [9.17, 15) is 27.6 Å². The Hall–Kier alpha value is -3.64. The van der Waals surface area contributed by atoms with Gasteiger partial charge in [0.15, 0.2) is 5.82 Å². The fourth-order valence-corrected chi connectivity index (χ4v) is 3.88. The van der Waals surface area contributed by atoms with Crippen LogP contribution in [0.4, 0.5) is 35.3 Å². The molecule has 3 heterocycles. The second-order valence-electron chi connectivity index (χ2n) is 8.26. The number of anilines is 3. The minimum Gasteiger partial charge on any atom is -0.352 e. The van der Waals surface area contributed by atoms with Gasteiger partial charge in [-0.3, -0.25) is 9.59 Å². The monoisotopic (exact) mass is 481 g/mol. The molecule has 2 aromatic rings. The van der Waals surface area contributed by atoms with Crippen molar-refractivity contribution in [1.82, 2.24) is 19.4 Å². The van der Waals surface area contributed by atoms with E-state index in [-0.39, 0.29) is 18.0 Å². The van der Waals surface area contributed by atoms with Crippen molar-refractivity contribution in [1.29, 1.82) is 0 Å². The highest BCUT2D eigenvalue weighted by Gasteiger charge is 2.33. The molecule has 1 fully saturated rings. The van der Waals surface area contributed by atoms with Crippen molar-refractivity contribution in [3.8, 4) is 0 Å². The first-order chi connectivity index (χ1) is 15.9. The van der Waals surface area contributed by atoms with Gasteiger partial charge in [0.1, 0.15) is 11.5 Å². The number of carbonyl (C=O) groups is 2. The Labute approximate surface area is 193 Å². The molecule has 13 heteroatoms. The number of aryl methyl sites for hydroxylation is 1. The number of pyridine rings is 1. The molecule has 0 aliphatic carbocycles. The van der Waals surface area contributed by atoms with Crippen molar-refractivity contribution in [2.45, 2.75) is 44.9 Å². The lowest BCUT2D eigenvalue weighted by molar-refractivity contribution is -0.138. The Morgan fingerprint density at radius 2 is 1.91 bits per heavy atom. The number of aromatic nitrogens is 3. The summed E-state index contributed by atoms with van der Waals surface area (Å²) < 4.78 is 40.1. The molecule has 2 aromatic heterocycles. The number of carbonyl (C=O) groups excluding carboxylic acids is 2. The number of urea groups is 1. The maximum Gasteiger partial charge on any atom is 0.417 e. The van der Waals surface area contributed by atoms with Crippen molar-refractivity contribution in [2.75, 3.05) is 29.1 Å². The maximum absolute atomic E-state index is 13.1. The Morgan fingerprint density at radius 1 is 1.21 bits per heavy atom. The standard InChI is InChI=1S/C21H26F3N7O3/c1-12-7-15(5-6-31(12)18-10-25-17(9-26-18)27-13(2)32)30(4)20(34)28-16-8-14(21(22,23)24)11-29(3)19(16)33/h8-12,15H,5-7H2,1-4H3,(H,28,34)(H,25,27,32)/t12-,15+/m1/s1. The van der Waals surface area contributed by atoms with E-state index in [2.05, 4.69) is 20.6 Å². The van der Waals surface area contributed by atoms with E-state index in [1.54, 1.807) is 13.2 Å². The van der Waals surface area contributed by atoms with E-state index < -0.39 is 29.0 Å². The Kier molecular flexibility index (Phi) is 7.12. The fraction of sp³-hybridized carbons (Fsp3) is 0.476. The molecule has 1 aliphatic rings. The lowest BCUT2D eigenvalue weighted by atomic mass is 9.97. The Morgan fingerprint density at radius 3 is 2.47 bits per heavy atom. The molecule has 3 amide bonds. The van der Waals surface area contributed by atoms with Crippen molar-refractivity contribution >= 4 is 29.3 Å². The second kappa shape index (κ2) is 9.69. The van der Waals surface area contributed by atoms with Crippen molar-refractivity contribution in [3.63, 3.8) is 0 Å². The summed E-state index contributed by atoms with van der Waals surface area (Å²) in [5.74, 6) is 0.719. The topological polar surface area (TPSA) is 112 Å². The van der Waals surface area contributed by atoms with Crippen molar-refractivity contribution in [3.05, 3.63) is 40.6 Å². The van der Waals surface area contributed by atoms with Gasteiger partial charge in [0.2, 0.25) is 5.91 Å². The molecule has 34 heavy (non-hydrogen) atoms. The van der Waals surface area contributed by atoms with Crippen LogP contribution in [0.1, 0.15) is 32.3 Å². The molecule has 0 bridgehead atoms. The van der Waals surface area contributed by atoms with Crippen molar-refractivity contribution in [2.24, 2.45) is 7.05 Å². The van der Waals surface area contributed by atoms with Crippen LogP contribution in [0.15, 0.2) is 29.5 Å². The molecule has 0 radical (unpaired) electrons. The van der Waals surface area contributed by atoms with Gasteiger partial charge in [-0.2, -0.15) is 13.2 Å². The fourth-order valence-electron chi connectivity index (χ4n) is 3.88. The van der Waals surface area contributed by atoms with Gasteiger partial charge >= 0.3 is 12.2 Å². The van der Waals surface area contributed by atoms with Gasteiger partial charge in [-0.15, -0.1) is 0 Å². The summed E-state index contributed by atoms with van der Waals surface area (Å²) in [6.07, 6.45) is 0.198. The number of piperidine rings is 1. The minimum atomic E-state index is -4.65. The van der Waals surface area contributed by atoms with Gasteiger partial charge in [0, 0.05) is 45.8 Å². The Balaban J connectivity index is 1.66. The molecule has 1 aliphatic heterocycles. The summed E-state index contributed by atoms with van der Waals surface area (Å²) in [5.41, 5.74) is -2.20. The van der Waals surface area contributed by atoms with E-state index >= 15 is 0 Å². The average molecular weight is 481 g/mol. The number of rotatable bonds is 4. The van der Waals surface area contributed by atoms with Crippen LogP contribution in [0.2, 0.25) is 0 Å². The summed E-state index contributed by atoms with van der Waals surface area (Å²) in [5, 5.41) is 4.87. The van der Waals surface area contributed by atoms with E-state index in [0.29, 0.717) is 43.3 Å². The first-order valence-electron chi connectivity index (χ1n) is 10.5. The minimum absolute atomic E-state index is 0.0173. The largest absolute Gasteiger partial charge is 0.417 e. The number of hydrogen-bond acceptors (Lipinski definition) is 6. The Bertz CT molecular complexity index is 1120. The quantitative estimate of drug-likeness (QED) is 0.695. The first kappa shape index (κ1) is 25.0. The predicted molar refractivity (Wildman–Crippen MR) is 120 cm³/mol. The molecule has 0 saturated carbocycles. The number of amides is 3. The summed E-state index contributed by atoms with van der Waals surface area (Å²) in [6.45, 7) is 3.90. The third-order valence-corrected chi connectivity index (χ3v) is 5.71. The molecule has 184 valence electrons. The summed E-state index contributed by atoms with van der Waals surface area (Å²) >= 11 is 0. The number of nitrogens with one attached hydrogen (secondary N) is 2. The zero-order valence-electron chi connectivity index (χ0n) is 19.2. The van der Waals surface area contributed by atoms with E-state index in [1.807, 2.05) is 11.8 Å². The van der Waals surface area contributed by atoms with Gasteiger partial charge in [0.05, 0.1) is 18.0 Å². The van der Waals surface area contributed by atoms with Crippen LogP contribution in [0.5, 0.6) is 0 Å². The molecular formula is C21H26F3N7O3. The van der Waals surface area contributed by atoms with Crippen LogP contribution in [0.3, 0.4) is 0 Å². The van der Waals surface area contributed by atoms with Gasteiger partial charge in [0.25, 0.3) is 5.56 Å². The summed E-state index contributed by atoms with van der Waals surface area (Å²) in [4.78, 5) is 48.0. The number of hydrogen-bond donors (Lipinski definition) is 2. The lowest BCUT2D eigenvalue weighted by Gasteiger charge is -2.41. The van der Waals surface area contributed by atoms with E-state index in [1.165, 1.54) is 25.1 Å². The highest BCUT2D eigenvalue weighted by atomic mass is 19.4. The number of nitrogens with zero attached hydrogens (tertiary/aromatic N) is 5. The SMILES string of the molecule is CC(=O)Nc1cnc(N2CC[C@H](N(C)C(=O)Nc3cc(C(F)(F)F)cn(C)c3=O)C[C@H]2C)cn1. The average Bonchev–Trinajstić information content (AvgIpc) is 2.75. The summed E-state index contributed by atoms with van der Waals surface area (Å²) in [6, 6.07) is -0.242. The molecule has 0 unspecified atom stereocenters. The number of halogens is 3. The molecule has 1 saturated heterocycles. The third-order valence-electron chi connectivity index (χ3n) is 5.71. The lowest BCUT2D eigenvalue weighted by Crippen LogP contribution is -2.51. The van der Waals surface area contributed by atoms with Crippen LogP contribution in [-0.4, -0.2) is 57.0 Å². The highest BCUT2D eigenvalue weighted by Crippen LogP contribution is 2.30. The molecular weight excluding hydrogens is 455 g/mol. The molecule has 10 nitrogen and oxygen atoms in total. The maximum atomic E-state index is 13.1. The van der Waals surface area contributed by atoms with Crippen LogP contribution in [0.25, 0.3) is 0 Å². The van der Waals surface area contributed by atoms with Gasteiger partial charge in [-0.1, -0.05) is 0 Å². The zero-order chi connectivity index (χ0) is 25.2. The van der Waals surface area contributed by atoms with Crippen LogP contribution >= 0.6 is 0 Å². The van der Waals surface area contributed by atoms with Gasteiger partial charge in [-0.05, 0) is 25.8 Å². The van der Waals surface area contributed by atoms with Gasteiger partial charge < -0.3 is 25.0 Å². The normalized spacial score (nSPS) is 18.4. The summed E-state index contributed by atoms with van der Waals surface area (Å²) in [7, 11) is 2.74. The van der Waals surface area contributed by atoms with Crippen LogP contribution in [0, 0.1) is 0 Å². The van der Waals surface area contributed by atoms with Crippen LogP contribution in [-0.2, 0) is 18.0 Å². The third kappa shape index (κ3) is 5.64. The molecule has 3 rings (SSSR count). The first-order valence-corrected chi connectivity index (χ1v) is 10.5. The van der Waals surface area contributed by atoms with E-state index in [4.69, 9.17) is 0 Å². The molecule has 0 aromatic carbocycles. The highest BCUT2D eigenvalue weighted by molar-refractivity contribution is 5.89. The smallest absolute Gasteiger partial charge is 0.352 e. The number of alkyl halides is 3.